The lowest BCUT2D eigenvalue weighted by atomic mass is 9.90. The molecule has 0 bridgehead atoms. The molecule has 2 aromatic rings. The average molecular weight is 438 g/mol. The van der Waals surface area contributed by atoms with Crippen LogP contribution in [0.15, 0.2) is 28.8 Å². The summed E-state index contributed by atoms with van der Waals surface area (Å²) >= 11 is 0. The number of benzene rings is 1. The molecule has 3 N–H and O–H groups in total. The van der Waals surface area contributed by atoms with Crippen LogP contribution in [-0.2, 0) is 11.2 Å². The van der Waals surface area contributed by atoms with E-state index in [9.17, 15) is 13.6 Å². The van der Waals surface area contributed by atoms with Crippen molar-refractivity contribution in [1.29, 1.82) is 0 Å². The summed E-state index contributed by atoms with van der Waals surface area (Å²) in [5.41, 5.74) is 5.47. The van der Waals surface area contributed by atoms with E-state index in [0.29, 0.717) is 18.4 Å². The van der Waals surface area contributed by atoms with Gasteiger partial charge in [0.25, 0.3) is 0 Å². The summed E-state index contributed by atoms with van der Waals surface area (Å²) in [5, 5.41) is 2.96. The van der Waals surface area contributed by atoms with Gasteiger partial charge in [-0.05, 0) is 31.4 Å². The van der Waals surface area contributed by atoms with E-state index in [1.54, 1.807) is 0 Å². The number of nitrogens with two attached hydrogens (primary N) is 1. The minimum atomic E-state index is -0.724. The van der Waals surface area contributed by atoms with Crippen LogP contribution in [0.3, 0.4) is 0 Å². The highest BCUT2D eigenvalue weighted by Gasteiger charge is 2.25. The lowest BCUT2D eigenvalue weighted by Crippen LogP contribution is -2.52. The Morgan fingerprint density at radius 3 is 2.57 bits per heavy atom. The number of amides is 1. The van der Waals surface area contributed by atoms with Crippen LogP contribution in [-0.4, -0.2) is 23.0 Å². The molecule has 158 valence electrons. The number of halogens is 4. The van der Waals surface area contributed by atoms with Gasteiger partial charge >= 0.3 is 0 Å². The highest BCUT2D eigenvalue weighted by atomic mass is 35.5. The molecular weight excluding hydrogens is 411 g/mol. The van der Waals surface area contributed by atoms with Gasteiger partial charge < -0.3 is 15.5 Å². The Kier molecular flexibility index (Phi) is 10.6. The average Bonchev–Trinajstić information content (AvgIpc) is 3.00. The van der Waals surface area contributed by atoms with E-state index in [1.807, 2.05) is 6.92 Å². The van der Waals surface area contributed by atoms with E-state index < -0.39 is 17.2 Å². The van der Waals surface area contributed by atoms with Gasteiger partial charge in [-0.2, -0.15) is 0 Å². The fourth-order valence-electron chi connectivity index (χ4n) is 2.95. The van der Waals surface area contributed by atoms with E-state index >= 15 is 0 Å². The molecule has 1 unspecified atom stereocenters. The summed E-state index contributed by atoms with van der Waals surface area (Å²) in [6.45, 7) is 6.42. The Bertz CT molecular complexity index is 771. The molecule has 28 heavy (non-hydrogen) atoms. The standard InChI is InChI=1S/C19H25F2N3O2.2ClH/c1-12(2)9-19(3,11-22)24-17(25)6-7-18-23-10-16(26-18)14-5-4-13(20)8-15(14)21;;/h4-5,8,10,12H,6-7,9,11,22H2,1-3H3,(H,24,25);2*1H. The van der Waals surface area contributed by atoms with Gasteiger partial charge in [-0.1, -0.05) is 13.8 Å². The fourth-order valence-corrected chi connectivity index (χ4v) is 2.95. The quantitative estimate of drug-likeness (QED) is 0.645. The normalized spacial score (nSPS) is 12.7. The Hall–Kier alpha value is -1.70. The third-order valence-corrected chi connectivity index (χ3v) is 4.07. The molecular formula is C19H27Cl2F2N3O2. The summed E-state index contributed by atoms with van der Waals surface area (Å²) in [4.78, 5) is 16.3. The monoisotopic (exact) mass is 437 g/mol. The zero-order valence-corrected chi connectivity index (χ0v) is 17.8. The van der Waals surface area contributed by atoms with Crippen LogP contribution in [0.2, 0.25) is 0 Å². The maximum atomic E-state index is 13.8. The number of rotatable bonds is 8. The van der Waals surface area contributed by atoms with Gasteiger partial charge in [-0.15, -0.1) is 24.8 Å². The summed E-state index contributed by atoms with van der Waals surface area (Å²) in [7, 11) is 0. The van der Waals surface area contributed by atoms with Crippen LogP contribution in [0.4, 0.5) is 8.78 Å². The Balaban J connectivity index is 0.00000364. The van der Waals surface area contributed by atoms with Crippen molar-refractivity contribution in [3.63, 3.8) is 0 Å². The van der Waals surface area contributed by atoms with Crippen molar-refractivity contribution in [3.8, 4) is 11.3 Å². The molecule has 1 amide bonds. The first-order valence-electron chi connectivity index (χ1n) is 8.63. The topological polar surface area (TPSA) is 81.1 Å². The predicted molar refractivity (Wildman–Crippen MR) is 110 cm³/mol. The molecule has 0 radical (unpaired) electrons. The zero-order chi connectivity index (χ0) is 19.3. The molecule has 1 aromatic heterocycles. The molecule has 5 nitrogen and oxygen atoms in total. The summed E-state index contributed by atoms with van der Waals surface area (Å²) < 4.78 is 32.3. The second-order valence-electron chi connectivity index (χ2n) is 7.15. The van der Waals surface area contributed by atoms with Crippen molar-refractivity contribution in [2.75, 3.05) is 6.54 Å². The zero-order valence-electron chi connectivity index (χ0n) is 16.1. The molecule has 0 fully saturated rings. The number of nitrogens with zero attached hydrogens (tertiary/aromatic N) is 1. The predicted octanol–water partition coefficient (Wildman–Crippen LogP) is 4.28. The SMILES string of the molecule is CC(C)CC(C)(CN)NC(=O)CCc1ncc(-c2ccc(F)cc2F)o1.Cl.Cl. The van der Waals surface area contributed by atoms with Crippen molar-refractivity contribution >= 4 is 30.7 Å². The van der Waals surface area contributed by atoms with E-state index in [4.69, 9.17) is 10.2 Å². The molecule has 1 atom stereocenters. The van der Waals surface area contributed by atoms with E-state index in [0.717, 1.165) is 18.6 Å². The molecule has 0 spiro atoms. The highest BCUT2D eigenvalue weighted by Crippen LogP contribution is 2.24. The molecule has 0 aliphatic rings. The molecule has 1 heterocycles. The number of oxazole rings is 1. The van der Waals surface area contributed by atoms with Crippen LogP contribution in [0, 0.1) is 17.6 Å². The van der Waals surface area contributed by atoms with Gasteiger partial charge in [0.1, 0.15) is 11.6 Å². The lowest BCUT2D eigenvalue weighted by molar-refractivity contribution is -0.123. The largest absolute Gasteiger partial charge is 0.441 e. The number of hydrogen-bond donors (Lipinski definition) is 2. The third-order valence-electron chi connectivity index (χ3n) is 4.07. The first kappa shape index (κ1) is 26.3. The number of carbonyl (C=O) groups is 1. The highest BCUT2D eigenvalue weighted by molar-refractivity contribution is 5.85. The maximum absolute atomic E-state index is 13.8. The fraction of sp³-hybridized carbons (Fsp3) is 0.474. The molecule has 2 rings (SSSR count). The van der Waals surface area contributed by atoms with E-state index in [1.165, 1.54) is 12.3 Å². The maximum Gasteiger partial charge on any atom is 0.220 e. The summed E-state index contributed by atoms with van der Waals surface area (Å²) in [6.07, 6.45) is 2.60. The van der Waals surface area contributed by atoms with Crippen molar-refractivity contribution in [2.24, 2.45) is 11.7 Å². The summed E-state index contributed by atoms with van der Waals surface area (Å²) in [6, 6.07) is 3.23. The van der Waals surface area contributed by atoms with Crippen molar-refractivity contribution < 1.29 is 18.0 Å². The molecule has 0 saturated heterocycles. The number of hydrogen-bond acceptors (Lipinski definition) is 4. The molecule has 9 heteroatoms. The molecule has 0 aliphatic heterocycles. The number of aryl methyl sites for hydroxylation is 1. The second-order valence-corrected chi connectivity index (χ2v) is 7.15. The minimum Gasteiger partial charge on any atom is -0.441 e. The van der Waals surface area contributed by atoms with Gasteiger partial charge in [0.05, 0.1) is 11.8 Å². The van der Waals surface area contributed by atoms with Crippen molar-refractivity contribution in [3.05, 3.63) is 41.9 Å². The van der Waals surface area contributed by atoms with Gasteiger partial charge in [0, 0.05) is 31.0 Å². The van der Waals surface area contributed by atoms with Gasteiger partial charge in [0.2, 0.25) is 5.91 Å². The van der Waals surface area contributed by atoms with Crippen LogP contribution >= 0.6 is 24.8 Å². The van der Waals surface area contributed by atoms with Crippen LogP contribution in [0.25, 0.3) is 11.3 Å². The van der Waals surface area contributed by atoms with Gasteiger partial charge in [-0.25, -0.2) is 13.8 Å². The van der Waals surface area contributed by atoms with Crippen molar-refractivity contribution in [1.82, 2.24) is 10.3 Å². The van der Waals surface area contributed by atoms with E-state index in [2.05, 4.69) is 24.1 Å². The number of aromatic nitrogens is 1. The van der Waals surface area contributed by atoms with Gasteiger partial charge in [0.15, 0.2) is 11.7 Å². The first-order chi connectivity index (χ1) is 12.2. The number of carbonyl (C=O) groups excluding carboxylic acids is 1. The van der Waals surface area contributed by atoms with Crippen molar-refractivity contribution in [2.45, 2.75) is 45.6 Å². The third kappa shape index (κ3) is 7.37. The minimum absolute atomic E-state index is 0. The lowest BCUT2D eigenvalue weighted by Gasteiger charge is -2.31. The second kappa shape index (κ2) is 11.3. The molecule has 0 aliphatic carbocycles. The summed E-state index contributed by atoms with van der Waals surface area (Å²) in [5.74, 6) is -0.610. The van der Waals surface area contributed by atoms with E-state index in [-0.39, 0.29) is 54.9 Å². The molecule has 1 aromatic carbocycles. The van der Waals surface area contributed by atoms with Crippen LogP contribution in [0.1, 0.15) is 39.5 Å². The Morgan fingerprint density at radius 2 is 2.00 bits per heavy atom. The smallest absolute Gasteiger partial charge is 0.220 e. The Morgan fingerprint density at radius 1 is 1.32 bits per heavy atom. The van der Waals surface area contributed by atoms with Crippen LogP contribution in [0.5, 0.6) is 0 Å². The molecule has 0 saturated carbocycles. The first-order valence-corrected chi connectivity index (χ1v) is 8.63. The Labute approximate surface area is 176 Å². The van der Waals surface area contributed by atoms with Gasteiger partial charge in [-0.3, -0.25) is 4.79 Å². The van der Waals surface area contributed by atoms with Crippen LogP contribution < -0.4 is 11.1 Å². The number of nitrogens with one attached hydrogen (secondary N) is 1.